The van der Waals surface area contributed by atoms with Gasteiger partial charge in [0.05, 0.1) is 11.2 Å². The Balaban J connectivity index is 1.21. The first-order valence-electron chi connectivity index (χ1n) is 12.2. The lowest BCUT2D eigenvalue weighted by Gasteiger charge is -2.25. The summed E-state index contributed by atoms with van der Waals surface area (Å²) in [6.07, 6.45) is 8.32. The Morgan fingerprint density at radius 1 is 0.943 bits per heavy atom. The molecule has 6 nitrogen and oxygen atoms in total. The van der Waals surface area contributed by atoms with Crippen LogP contribution in [0.4, 0.5) is 5.69 Å². The second kappa shape index (κ2) is 11.0. The van der Waals surface area contributed by atoms with Crippen LogP contribution in [0, 0.1) is 0 Å². The zero-order valence-electron chi connectivity index (χ0n) is 19.7. The quantitative estimate of drug-likeness (QED) is 0.318. The molecule has 178 valence electrons. The molecule has 2 N–H and O–H groups in total. The Kier molecular flexibility index (Phi) is 7.20. The van der Waals surface area contributed by atoms with Crippen LogP contribution >= 0.6 is 0 Å². The predicted octanol–water partition coefficient (Wildman–Crippen LogP) is 6.34. The number of nitrogens with zero attached hydrogens (tertiary/aromatic N) is 2. The van der Waals surface area contributed by atoms with Gasteiger partial charge in [-0.05, 0) is 61.8 Å². The van der Waals surface area contributed by atoms with Gasteiger partial charge in [-0.1, -0.05) is 48.9 Å². The average molecular weight is 467 g/mol. The lowest BCUT2D eigenvalue weighted by Crippen LogP contribution is -2.32. The number of ether oxygens (including phenoxy) is 1. The summed E-state index contributed by atoms with van der Waals surface area (Å²) in [4.78, 5) is 14.8. The van der Waals surface area contributed by atoms with Crippen molar-refractivity contribution < 1.29 is 9.53 Å². The van der Waals surface area contributed by atoms with E-state index in [-0.39, 0.29) is 5.91 Å². The molecule has 1 fully saturated rings. The Bertz CT molecular complexity index is 1310. The summed E-state index contributed by atoms with van der Waals surface area (Å²) in [7, 11) is 0. The highest BCUT2D eigenvalue weighted by molar-refractivity contribution is 5.91. The lowest BCUT2D eigenvalue weighted by molar-refractivity contribution is -0.116. The molecule has 6 heteroatoms. The largest absolute Gasteiger partial charge is 0.457 e. The lowest BCUT2D eigenvalue weighted by atomic mass is 10.1. The van der Waals surface area contributed by atoms with Gasteiger partial charge in [0.15, 0.2) is 0 Å². The van der Waals surface area contributed by atoms with Crippen LogP contribution in [0.2, 0.25) is 0 Å². The highest BCUT2D eigenvalue weighted by Gasteiger charge is 2.12. The number of likely N-dealkylation sites (tertiary alicyclic amines) is 1. The van der Waals surface area contributed by atoms with Gasteiger partial charge in [-0.2, -0.15) is 5.10 Å². The van der Waals surface area contributed by atoms with E-state index in [1.54, 1.807) is 0 Å². The molecule has 5 rings (SSSR count). The molecule has 0 atom stereocenters. The normalized spacial score (nSPS) is 14.4. The molecule has 0 unspecified atom stereocenters. The third-order valence-electron chi connectivity index (χ3n) is 6.25. The zero-order chi connectivity index (χ0) is 23.9. The minimum atomic E-state index is 0.0303. The number of piperidine rings is 1. The van der Waals surface area contributed by atoms with Gasteiger partial charge in [0.25, 0.3) is 0 Å². The fourth-order valence-electron chi connectivity index (χ4n) is 4.39. The summed E-state index contributed by atoms with van der Waals surface area (Å²) in [5.41, 5.74) is 3.64. The van der Waals surface area contributed by atoms with E-state index in [0.717, 1.165) is 47.5 Å². The van der Waals surface area contributed by atoms with Gasteiger partial charge in [0.2, 0.25) is 5.91 Å². The van der Waals surface area contributed by atoms with Crippen molar-refractivity contribution in [3.63, 3.8) is 0 Å². The molecule has 1 amide bonds. The summed E-state index contributed by atoms with van der Waals surface area (Å²) in [6, 6.07) is 23.5. The molecular formula is C29H30N4O2. The molecule has 3 aromatic carbocycles. The molecule has 0 aliphatic carbocycles. The average Bonchev–Trinajstić information content (AvgIpc) is 3.30. The van der Waals surface area contributed by atoms with Crippen molar-refractivity contribution in [2.75, 3.05) is 25.0 Å². The van der Waals surface area contributed by atoms with Crippen molar-refractivity contribution in [2.24, 2.45) is 0 Å². The highest BCUT2D eigenvalue weighted by atomic mass is 16.5. The van der Waals surface area contributed by atoms with Gasteiger partial charge >= 0.3 is 0 Å². The van der Waals surface area contributed by atoms with Gasteiger partial charge in [-0.25, -0.2) is 0 Å². The van der Waals surface area contributed by atoms with Crippen molar-refractivity contribution in [3.05, 3.63) is 84.1 Å². The van der Waals surface area contributed by atoms with Gasteiger partial charge in [-0.15, -0.1) is 0 Å². The van der Waals surface area contributed by atoms with E-state index in [0.29, 0.717) is 17.9 Å². The summed E-state index contributed by atoms with van der Waals surface area (Å²) in [6.45, 7) is 3.01. The van der Waals surface area contributed by atoms with Crippen LogP contribution in [0.5, 0.6) is 11.5 Å². The third kappa shape index (κ3) is 6.16. The van der Waals surface area contributed by atoms with Crippen molar-refractivity contribution in [2.45, 2.75) is 25.7 Å². The molecule has 4 aromatic rings. The number of amides is 1. The topological polar surface area (TPSA) is 70.2 Å². The number of anilines is 1. The minimum absolute atomic E-state index is 0.0303. The van der Waals surface area contributed by atoms with Crippen molar-refractivity contribution >= 4 is 34.6 Å². The maximum absolute atomic E-state index is 12.4. The monoisotopic (exact) mass is 466 g/mol. The van der Waals surface area contributed by atoms with Crippen molar-refractivity contribution in [3.8, 4) is 11.5 Å². The number of benzene rings is 3. The van der Waals surface area contributed by atoms with Gasteiger partial charge < -0.3 is 15.0 Å². The van der Waals surface area contributed by atoms with Gasteiger partial charge in [-0.3, -0.25) is 9.89 Å². The molecule has 1 aromatic heterocycles. The fourth-order valence-corrected chi connectivity index (χ4v) is 4.39. The molecule has 0 bridgehead atoms. The van der Waals surface area contributed by atoms with Crippen LogP contribution in [-0.2, 0) is 4.79 Å². The van der Waals surface area contributed by atoms with Crippen LogP contribution in [0.25, 0.3) is 23.1 Å². The highest BCUT2D eigenvalue weighted by Crippen LogP contribution is 2.28. The number of H-pyrrole nitrogens is 1. The first-order valence-corrected chi connectivity index (χ1v) is 12.2. The number of carbonyl (C=O) groups is 1. The molecule has 0 radical (unpaired) electrons. The van der Waals surface area contributed by atoms with E-state index in [4.69, 9.17) is 4.74 Å². The van der Waals surface area contributed by atoms with E-state index >= 15 is 0 Å². The molecule has 35 heavy (non-hydrogen) atoms. The number of hydrogen-bond acceptors (Lipinski definition) is 4. The molecule has 0 spiro atoms. The Hall–Kier alpha value is -3.90. The van der Waals surface area contributed by atoms with Crippen LogP contribution in [-0.4, -0.2) is 40.6 Å². The molecular weight excluding hydrogens is 436 g/mol. The molecule has 1 saturated heterocycles. The number of fused-ring (bicyclic) bond motifs is 1. The van der Waals surface area contributed by atoms with Gasteiger partial charge in [0.1, 0.15) is 11.5 Å². The summed E-state index contributed by atoms with van der Waals surface area (Å²) in [5, 5.41) is 11.6. The second-order valence-electron chi connectivity index (χ2n) is 8.89. The zero-order valence-corrected chi connectivity index (χ0v) is 19.7. The Morgan fingerprint density at radius 3 is 2.63 bits per heavy atom. The smallest absolute Gasteiger partial charge is 0.225 e. The first-order chi connectivity index (χ1) is 17.2. The van der Waals surface area contributed by atoms with E-state index in [1.807, 2.05) is 72.8 Å². The number of aromatic amines is 1. The van der Waals surface area contributed by atoms with E-state index in [1.165, 1.54) is 19.3 Å². The van der Waals surface area contributed by atoms with Crippen LogP contribution < -0.4 is 10.1 Å². The summed E-state index contributed by atoms with van der Waals surface area (Å²) < 4.78 is 6.08. The Morgan fingerprint density at radius 2 is 1.77 bits per heavy atom. The number of carbonyl (C=O) groups excluding carboxylic acids is 1. The van der Waals surface area contributed by atoms with Crippen LogP contribution in [0.1, 0.15) is 36.9 Å². The third-order valence-corrected chi connectivity index (χ3v) is 6.25. The predicted molar refractivity (Wildman–Crippen MR) is 142 cm³/mol. The molecule has 0 saturated carbocycles. The van der Waals surface area contributed by atoms with Crippen LogP contribution in [0.3, 0.4) is 0 Å². The first kappa shape index (κ1) is 22.9. The number of rotatable bonds is 8. The number of nitrogens with one attached hydrogen (secondary N) is 2. The van der Waals surface area contributed by atoms with Crippen molar-refractivity contribution in [1.82, 2.24) is 15.1 Å². The van der Waals surface area contributed by atoms with Crippen molar-refractivity contribution in [1.29, 1.82) is 0 Å². The summed E-state index contributed by atoms with van der Waals surface area (Å²) in [5.74, 6) is 1.40. The van der Waals surface area contributed by atoms with Gasteiger partial charge in [0, 0.05) is 36.2 Å². The summed E-state index contributed by atoms with van der Waals surface area (Å²) >= 11 is 0. The number of hydrogen-bond donors (Lipinski definition) is 2. The van der Waals surface area contributed by atoms with E-state index in [9.17, 15) is 4.79 Å². The maximum atomic E-state index is 12.4. The fraction of sp³-hybridized carbons (Fsp3) is 0.241. The minimum Gasteiger partial charge on any atom is -0.457 e. The molecule has 1 aliphatic rings. The maximum Gasteiger partial charge on any atom is 0.225 e. The second-order valence-corrected chi connectivity index (χ2v) is 8.89. The molecule has 2 heterocycles. The standard InChI is InChI=1S/C29H30N4O2/c34-29(16-19-33-17-5-2-6-18-33)30-23-10-7-11-24(20-23)35-25-13-14-26-27(31-32-28(26)21-25)15-12-22-8-3-1-4-9-22/h1,3-4,7-15,20-21H,2,5-6,16-19H2,(H,30,34)(H,31,32)/b15-12+. The molecule has 1 aliphatic heterocycles. The van der Waals surface area contributed by atoms with E-state index < -0.39 is 0 Å². The van der Waals surface area contributed by atoms with E-state index in [2.05, 4.69) is 32.5 Å². The SMILES string of the molecule is O=C(CCN1CCCCC1)Nc1cccc(Oc2ccc3c(/C=C/c4ccccc4)n[nH]c3c2)c1. The van der Waals surface area contributed by atoms with Crippen LogP contribution in [0.15, 0.2) is 72.8 Å². The Labute approximate surface area is 205 Å². The number of aromatic nitrogens is 2.